The second-order valence-electron chi connectivity index (χ2n) is 4.50. The van der Waals surface area contributed by atoms with Gasteiger partial charge in [-0.1, -0.05) is 47.5 Å². The highest BCUT2D eigenvalue weighted by atomic mass is 35.5. The van der Waals surface area contributed by atoms with Gasteiger partial charge >= 0.3 is 0 Å². The molecule has 108 valence electrons. The van der Waals surface area contributed by atoms with Crippen LogP contribution in [0.25, 0.3) is 0 Å². The molecule has 0 aromatic heterocycles. The highest BCUT2D eigenvalue weighted by Crippen LogP contribution is 2.47. The lowest BCUT2D eigenvalue weighted by atomic mass is 10.1. The summed E-state index contributed by atoms with van der Waals surface area (Å²) in [7, 11) is 0. The SMILES string of the molecule is OCc1ccc(CNc2c(Cl)cc(Cl)c3c2N=S=N3)cc1. The van der Waals surface area contributed by atoms with Crippen LogP contribution in [0.2, 0.25) is 10.0 Å². The Morgan fingerprint density at radius 2 is 1.67 bits per heavy atom. The van der Waals surface area contributed by atoms with Gasteiger partial charge in [-0.3, -0.25) is 0 Å². The van der Waals surface area contributed by atoms with Gasteiger partial charge in [-0.2, -0.15) is 8.73 Å². The first-order valence-electron chi connectivity index (χ1n) is 6.22. The number of hydrogen-bond acceptors (Lipinski definition) is 4. The molecule has 0 saturated heterocycles. The van der Waals surface area contributed by atoms with Gasteiger partial charge in [0.15, 0.2) is 0 Å². The summed E-state index contributed by atoms with van der Waals surface area (Å²) in [6, 6.07) is 9.36. The molecule has 4 nitrogen and oxygen atoms in total. The Balaban J connectivity index is 1.82. The van der Waals surface area contributed by atoms with Crippen LogP contribution in [-0.2, 0) is 24.5 Å². The smallest absolute Gasteiger partial charge is 0.130 e. The van der Waals surface area contributed by atoms with E-state index in [-0.39, 0.29) is 6.61 Å². The molecule has 0 atom stereocenters. The van der Waals surface area contributed by atoms with Crippen LogP contribution in [0.15, 0.2) is 39.1 Å². The molecule has 0 fully saturated rings. The van der Waals surface area contributed by atoms with Gasteiger partial charge in [-0.05, 0) is 17.2 Å². The zero-order chi connectivity index (χ0) is 14.8. The summed E-state index contributed by atoms with van der Waals surface area (Å²) < 4.78 is 8.42. The van der Waals surface area contributed by atoms with Crippen molar-refractivity contribution in [3.63, 3.8) is 0 Å². The van der Waals surface area contributed by atoms with Crippen molar-refractivity contribution in [2.45, 2.75) is 13.2 Å². The van der Waals surface area contributed by atoms with E-state index in [0.29, 0.717) is 28.0 Å². The van der Waals surface area contributed by atoms with Gasteiger partial charge in [-0.15, -0.1) is 0 Å². The first kappa shape index (κ1) is 14.5. The first-order valence-corrected chi connectivity index (χ1v) is 7.70. The van der Waals surface area contributed by atoms with E-state index in [9.17, 15) is 0 Å². The molecule has 0 aliphatic carbocycles. The molecule has 0 spiro atoms. The van der Waals surface area contributed by atoms with Gasteiger partial charge in [0.2, 0.25) is 0 Å². The number of nitrogens with one attached hydrogen (secondary N) is 1. The molecule has 1 aliphatic rings. The molecule has 7 heteroatoms. The van der Waals surface area contributed by atoms with E-state index in [0.717, 1.165) is 28.2 Å². The number of nitrogens with zero attached hydrogens (tertiary/aromatic N) is 2. The van der Waals surface area contributed by atoms with Gasteiger partial charge in [0.1, 0.15) is 11.4 Å². The Labute approximate surface area is 135 Å². The van der Waals surface area contributed by atoms with Crippen LogP contribution < -0.4 is 5.32 Å². The predicted octanol–water partition coefficient (Wildman–Crippen LogP) is 4.82. The summed E-state index contributed by atoms with van der Waals surface area (Å²) in [5.74, 6) is 0. The minimum Gasteiger partial charge on any atom is -0.392 e. The fourth-order valence-corrected chi connectivity index (χ4v) is 3.17. The van der Waals surface area contributed by atoms with Crippen LogP contribution in [0.3, 0.4) is 0 Å². The van der Waals surface area contributed by atoms with Crippen molar-refractivity contribution in [3.05, 3.63) is 51.5 Å². The van der Waals surface area contributed by atoms with Crippen LogP contribution in [-0.4, -0.2) is 5.11 Å². The average Bonchev–Trinajstić information content (AvgIpc) is 2.97. The monoisotopic (exact) mass is 339 g/mol. The maximum Gasteiger partial charge on any atom is 0.130 e. The lowest BCUT2D eigenvalue weighted by Crippen LogP contribution is -2.00. The summed E-state index contributed by atoms with van der Waals surface area (Å²) in [4.78, 5) is 0. The molecule has 1 heterocycles. The Kier molecular flexibility index (Phi) is 4.26. The molecular formula is C14H11Cl2N3OS. The topological polar surface area (TPSA) is 57.0 Å². The van der Waals surface area contributed by atoms with E-state index in [1.807, 2.05) is 24.3 Å². The molecule has 2 aromatic rings. The van der Waals surface area contributed by atoms with Gasteiger partial charge in [0.25, 0.3) is 0 Å². The minimum absolute atomic E-state index is 0.0435. The van der Waals surface area contributed by atoms with E-state index < -0.39 is 0 Å². The average molecular weight is 340 g/mol. The molecule has 0 bridgehead atoms. The molecule has 3 rings (SSSR count). The summed E-state index contributed by atoms with van der Waals surface area (Å²) in [5.41, 5.74) is 4.04. The van der Waals surface area contributed by atoms with Crippen molar-refractivity contribution in [1.29, 1.82) is 0 Å². The van der Waals surface area contributed by atoms with Gasteiger partial charge in [0.05, 0.1) is 33.7 Å². The maximum atomic E-state index is 9.03. The van der Waals surface area contributed by atoms with Crippen molar-refractivity contribution >= 4 is 51.6 Å². The summed E-state index contributed by atoms with van der Waals surface area (Å²) >= 11 is 13.4. The largest absolute Gasteiger partial charge is 0.392 e. The third kappa shape index (κ3) is 2.96. The van der Waals surface area contributed by atoms with Crippen molar-refractivity contribution in [2.75, 3.05) is 5.32 Å². The Morgan fingerprint density at radius 1 is 1.00 bits per heavy atom. The number of aliphatic hydroxyl groups excluding tert-OH is 1. The molecule has 0 unspecified atom stereocenters. The fourth-order valence-electron chi connectivity index (χ4n) is 2.00. The van der Waals surface area contributed by atoms with Crippen LogP contribution in [0.4, 0.5) is 17.1 Å². The Hall–Kier alpha value is -1.40. The van der Waals surface area contributed by atoms with E-state index in [1.54, 1.807) is 6.07 Å². The summed E-state index contributed by atoms with van der Waals surface area (Å²) in [6.07, 6.45) is 0. The molecule has 1 aliphatic heterocycles. The number of fused-ring (bicyclic) bond motifs is 1. The molecule has 0 amide bonds. The Morgan fingerprint density at radius 3 is 2.38 bits per heavy atom. The molecule has 0 radical (unpaired) electrons. The highest BCUT2D eigenvalue weighted by molar-refractivity contribution is 7.58. The second kappa shape index (κ2) is 6.15. The lowest BCUT2D eigenvalue weighted by Gasteiger charge is -2.12. The van der Waals surface area contributed by atoms with E-state index in [2.05, 4.69) is 14.0 Å². The van der Waals surface area contributed by atoms with Crippen LogP contribution in [0.5, 0.6) is 0 Å². The quantitative estimate of drug-likeness (QED) is 0.715. The van der Waals surface area contributed by atoms with Crippen LogP contribution in [0, 0.1) is 0 Å². The number of hydrogen-bond donors (Lipinski definition) is 2. The van der Waals surface area contributed by atoms with Crippen LogP contribution in [0.1, 0.15) is 11.1 Å². The minimum atomic E-state index is 0.0435. The van der Waals surface area contributed by atoms with Gasteiger partial charge in [0, 0.05) is 6.54 Å². The normalized spacial score (nSPS) is 12.1. The second-order valence-corrected chi connectivity index (χ2v) is 5.85. The van der Waals surface area contributed by atoms with E-state index >= 15 is 0 Å². The molecule has 2 N–H and O–H groups in total. The zero-order valence-electron chi connectivity index (χ0n) is 10.8. The number of rotatable bonds is 4. The third-order valence-corrected chi connectivity index (χ3v) is 4.23. The summed E-state index contributed by atoms with van der Waals surface area (Å²) in [5, 5.41) is 13.3. The Bertz CT molecular complexity index is 756. The zero-order valence-corrected chi connectivity index (χ0v) is 13.1. The predicted molar refractivity (Wildman–Crippen MR) is 87.7 cm³/mol. The number of benzene rings is 2. The van der Waals surface area contributed by atoms with Gasteiger partial charge < -0.3 is 10.4 Å². The number of halogens is 2. The number of anilines is 1. The molecule has 2 aromatic carbocycles. The first-order chi connectivity index (χ1) is 10.2. The summed E-state index contributed by atoms with van der Waals surface area (Å²) in [6.45, 7) is 0.640. The number of aliphatic hydroxyl groups is 1. The van der Waals surface area contributed by atoms with Crippen molar-refractivity contribution in [3.8, 4) is 0 Å². The van der Waals surface area contributed by atoms with E-state index in [1.165, 1.54) is 0 Å². The molecular weight excluding hydrogens is 329 g/mol. The van der Waals surface area contributed by atoms with Crippen molar-refractivity contribution in [2.24, 2.45) is 8.73 Å². The molecule has 21 heavy (non-hydrogen) atoms. The maximum absolute atomic E-state index is 9.03. The third-order valence-electron chi connectivity index (χ3n) is 3.12. The standard InChI is InChI=1S/C14H11Cl2N3OS/c15-10-5-11(16)13-14(19-21-18-13)12(10)17-6-8-1-3-9(7-20)4-2-8/h1-5,17,20H,6-7H2. The highest BCUT2D eigenvalue weighted by Gasteiger charge is 2.18. The van der Waals surface area contributed by atoms with Crippen LogP contribution >= 0.6 is 23.2 Å². The van der Waals surface area contributed by atoms with Crippen molar-refractivity contribution in [1.82, 2.24) is 0 Å². The van der Waals surface area contributed by atoms with E-state index in [4.69, 9.17) is 28.3 Å². The van der Waals surface area contributed by atoms with Gasteiger partial charge in [-0.25, -0.2) is 0 Å². The fraction of sp³-hybridized carbons (Fsp3) is 0.143. The molecule has 0 saturated carbocycles. The van der Waals surface area contributed by atoms with Crippen molar-refractivity contribution < 1.29 is 5.11 Å². The lowest BCUT2D eigenvalue weighted by molar-refractivity contribution is 0.282.